The van der Waals surface area contributed by atoms with Gasteiger partial charge in [0.2, 0.25) is 0 Å². The summed E-state index contributed by atoms with van der Waals surface area (Å²) in [6.45, 7) is 5.71. The molecule has 0 bridgehead atoms. The second-order valence-electron chi connectivity index (χ2n) is 9.51. The van der Waals surface area contributed by atoms with Crippen LogP contribution in [-0.2, 0) is 19.7 Å². The lowest BCUT2D eigenvalue weighted by Gasteiger charge is -2.35. The summed E-state index contributed by atoms with van der Waals surface area (Å²) in [7, 11) is -4.20. The number of thiol groups is 1. The van der Waals surface area contributed by atoms with Crippen LogP contribution in [0.25, 0.3) is 0 Å². The van der Waals surface area contributed by atoms with Crippen molar-refractivity contribution in [2.45, 2.75) is 50.2 Å². The highest BCUT2D eigenvalue weighted by Crippen LogP contribution is 2.25. The Labute approximate surface area is 211 Å². The van der Waals surface area contributed by atoms with E-state index in [1.54, 1.807) is 20.8 Å². The van der Waals surface area contributed by atoms with Crippen molar-refractivity contribution < 1.29 is 40.9 Å². The first kappa shape index (κ1) is 28.3. The van der Waals surface area contributed by atoms with Gasteiger partial charge in [0.15, 0.2) is 23.1 Å². The third kappa shape index (κ3) is 6.92. The minimum absolute atomic E-state index is 0.0814. The Bertz CT molecular complexity index is 1240. The van der Waals surface area contributed by atoms with Crippen LogP contribution in [0.4, 0.5) is 28.0 Å². The zero-order valence-corrected chi connectivity index (χ0v) is 21.2. The maximum atomic E-state index is 14.7. The lowest BCUT2D eigenvalue weighted by molar-refractivity contribution is 0.0203. The quantitative estimate of drug-likeness (QED) is 0.221. The zero-order chi connectivity index (χ0) is 27.5. The van der Waals surface area contributed by atoms with Crippen molar-refractivity contribution in [1.82, 2.24) is 9.62 Å². The smallest absolute Gasteiger partial charge is 0.410 e. The fourth-order valence-electron chi connectivity index (χ4n) is 3.69. The van der Waals surface area contributed by atoms with Gasteiger partial charge < -0.3 is 15.0 Å². The molecule has 1 aliphatic rings. The number of carbonyl (C=O) groups is 3. The second-order valence-corrected chi connectivity index (χ2v) is 11.8. The number of nitrogens with one attached hydrogen (secondary N) is 2. The molecule has 2 aromatic rings. The van der Waals surface area contributed by atoms with E-state index in [0.717, 1.165) is 18.2 Å². The molecule has 0 unspecified atom stereocenters. The first-order valence-electron chi connectivity index (χ1n) is 11.3. The van der Waals surface area contributed by atoms with Gasteiger partial charge in [-0.1, -0.05) is 0 Å². The average Bonchev–Trinajstić information content (AvgIpc) is 2.82. The molecule has 3 rings (SSSR count). The fourth-order valence-corrected chi connectivity index (χ4v) is 5.52. The predicted molar refractivity (Wildman–Crippen MR) is 129 cm³/mol. The number of amides is 2. The van der Waals surface area contributed by atoms with E-state index < -0.39 is 67.6 Å². The van der Waals surface area contributed by atoms with Crippen molar-refractivity contribution in [2.24, 2.45) is 0 Å². The molecule has 2 aromatic carbocycles. The minimum atomic E-state index is -4.20. The Morgan fingerprint density at radius 3 is 2.16 bits per heavy atom. The van der Waals surface area contributed by atoms with Gasteiger partial charge in [0.1, 0.15) is 11.4 Å². The van der Waals surface area contributed by atoms with Crippen LogP contribution in [0.5, 0.6) is 0 Å². The van der Waals surface area contributed by atoms with Gasteiger partial charge in [-0.25, -0.2) is 27.1 Å². The summed E-state index contributed by atoms with van der Waals surface area (Å²) >= 11 is 0. The molecule has 0 radical (unpaired) electrons. The van der Waals surface area contributed by atoms with Crippen LogP contribution in [0, 0.1) is 23.3 Å². The lowest BCUT2D eigenvalue weighted by atomic mass is 10.1. The fraction of sp³-hybridized carbons (Fsp3) is 0.375. The summed E-state index contributed by atoms with van der Waals surface area (Å²) in [5.41, 5.74) is -1.25. The molecule has 0 saturated carbocycles. The van der Waals surface area contributed by atoms with Gasteiger partial charge >= 0.3 is 6.09 Å². The van der Waals surface area contributed by atoms with Crippen molar-refractivity contribution in [2.75, 3.05) is 18.4 Å². The van der Waals surface area contributed by atoms with Crippen molar-refractivity contribution in [3.8, 4) is 0 Å². The molecule has 1 aliphatic heterocycles. The van der Waals surface area contributed by atoms with Crippen LogP contribution in [0.2, 0.25) is 0 Å². The van der Waals surface area contributed by atoms with Gasteiger partial charge in [-0.05, 0) is 51.8 Å². The van der Waals surface area contributed by atoms with E-state index >= 15 is 0 Å². The van der Waals surface area contributed by atoms with E-state index in [1.165, 1.54) is 4.90 Å². The Morgan fingerprint density at radius 1 is 1.03 bits per heavy atom. The molecule has 1 saturated heterocycles. The summed E-state index contributed by atoms with van der Waals surface area (Å²) in [5.74, 6) is -6.73. The van der Waals surface area contributed by atoms with Crippen molar-refractivity contribution in [1.29, 1.82) is 0 Å². The number of hydrogen-bond acceptors (Lipinski definition) is 5. The first-order valence-corrected chi connectivity index (χ1v) is 13.1. The maximum Gasteiger partial charge on any atom is 0.410 e. The number of benzene rings is 2. The predicted octanol–water partition coefficient (Wildman–Crippen LogP) is 3.97. The Balaban J connectivity index is 1.74. The number of hydrogen-bond donors (Lipinski definition) is 3. The van der Waals surface area contributed by atoms with Gasteiger partial charge in [0, 0.05) is 52.6 Å². The van der Waals surface area contributed by atoms with Crippen LogP contribution >= 0.6 is 0 Å². The minimum Gasteiger partial charge on any atom is -0.444 e. The topological polar surface area (TPSA) is 105 Å². The highest BCUT2D eigenvalue weighted by atomic mass is 32.3. The number of likely N-dealkylation sites (tertiary alicyclic amines) is 1. The number of piperidine rings is 1. The van der Waals surface area contributed by atoms with Gasteiger partial charge in [0.25, 0.3) is 5.91 Å². The Kier molecular flexibility index (Phi) is 8.38. The molecule has 0 aliphatic carbocycles. The van der Waals surface area contributed by atoms with Crippen LogP contribution in [-0.4, -0.2) is 51.5 Å². The van der Waals surface area contributed by atoms with E-state index in [4.69, 9.17) is 4.74 Å². The van der Waals surface area contributed by atoms with Crippen LogP contribution in [0.1, 0.15) is 44.0 Å². The Morgan fingerprint density at radius 2 is 1.62 bits per heavy atom. The number of nitrogens with zero attached hydrogens (tertiary/aromatic N) is 1. The van der Waals surface area contributed by atoms with Crippen molar-refractivity contribution in [3.63, 3.8) is 0 Å². The highest BCUT2D eigenvalue weighted by molar-refractivity contribution is 8.13. The molecule has 2 amide bonds. The molecule has 0 aromatic heterocycles. The molecule has 2 N–H and O–H groups in total. The largest absolute Gasteiger partial charge is 0.444 e. The standard InChI is InChI=1S/C24H27F4N3O5S/c1-24(2,3)36-23(34)31-8-6-15(7-9-31)30-37(35,13-32)20-10-14(4-5-17(20)25)22(33)29-16-11-18(26)21(28)19(27)12-16/h4-5,10-13,15,37H,6-9H2,1-3H3,(H,29,33)(H,30,35). The van der Waals surface area contributed by atoms with Crippen LogP contribution in [0.15, 0.2) is 35.2 Å². The van der Waals surface area contributed by atoms with Gasteiger partial charge in [-0.2, -0.15) is 0 Å². The number of rotatable bonds is 6. The van der Waals surface area contributed by atoms with E-state index in [1.807, 2.05) is 0 Å². The third-order valence-corrected chi connectivity index (χ3v) is 7.58. The summed E-state index contributed by atoms with van der Waals surface area (Å²) < 4.78 is 76.2. The molecule has 8 nitrogen and oxygen atoms in total. The summed E-state index contributed by atoms with van der Waals surface area (Å²) in [5, 5.41) is 2.14. The lowest BCUT2D eigenvalue weighted by Crippen LogP contribution is -2.49. The summed E-state index contributed by atoms with van der Waals surface area (Å²) in [4.78, 5) is 37.6. The summed E-state index contributed by atoms with van der Waals surface area (Å²) in [6, 6.07) is 3.37. The van der Waals surface area contributed by atoms with Crippen LogP contribution in [0.3, 0.4) is 0 Å². The highest BCUT2D eigenvalue weighted by Gasteiger charge is 2.31. The molecule has 202 valence electrons. The normalized spacial score (nSPS) is 15.3. The molecule has 0 atom stereocenters. The van der Waals surface area contributed by atoms with Gasteiger partial charge in [0.05, 0.1) is 4.90 Å². The SMILES string of the molecule is CC(C)(C)OC(=O)N1CCC(N[SH](=O)(C=O)c2cc(C(=O)Nc3cc(F)c(F)c(F)c3)ccc2F)CC1. The molecule has 1 heterocycles. The molecule has 1 fully saturated rings. The van der Waals surface area contributed by atoms with Gasteiger partial charge in [-0.15, -0.1) is 0 Å². The summed E-state index contributed by atoms with van der Waals surface area (Å²) in [6.07, 6.45) is 0.108. The molecular weight excluding hydrogens is 518 g/mol. The van der Waals surface area contributed by atoms with Crippen molar-refractivity contribution in [3.05, 3.63) is 59.2 Å². The molecule has 13 heteroatoms. The number of anilines is 1. The van der Waals surface area contributed by atoms with E-state index in [2.05, 4.69) is 10.0 Å². The van der Waals surface area contributed by atoms with Gasteiger partial charge in [-0.3, -0.25) is 13.8 Å². The van der Waals surface area contributed by atoms with E-state index in [9.17, 15) is 36.2 Å². The third-order valence-electron chi connectivity index (χ3n) is 5.48. The van der Waals surface area contributed by atoms with Crippen LogP contribution < -0.4 is 10.0 Å². The second kappa shape index (κ2) is 11.0. The number of ether oxygens (including phenoxy) is 1. The first-order chi connectivity index (χ1) is 17.2. The monoisotopic (exact) mass is 545 g/mol. The van der Waals surface area contributed by atoms with Crippen molar-refractivity contribution >= 4 is 33.4 Å². The molecule has 0 spiro atoms. The molecular formula is C24H27F4N3O5S. The average molecular weight is 546 g/mol. The number of carbonyl (C=O) groups excluding carboxylic acids is 3. The zero-order valence-electron chi connectivity index (χ0n) is 20.3. The van der Waals surface area contributed by atoms with E-state index in [-0.39, 0.29) is 24.3 Å². The Hall–Kier alpha value is -3.32. The van der Waals surface area contributed by atoms with E-state index in [0.29, 0.717) is 25.0 Å². The number of halogens is 4. The molecule has 37 heavy (non-hydrogen) atoms. The maximum absolute atomic E-state index is 14.7.